The molecule has 0 aliphatic carbocycles. The summed E-state index contributed by atoms with van der Waals surface area (Å²) in [6.07, 6.45) is 0. The largest absolute Gasteiger partial charge is 0.466 e. The Labute approximate surface area is 95.3 Å². The van der Waals surface area contributed by atoms with Crippen LogP contribution in [-0.2, 0) is 11.3 Å². The minimum Gasteiger partial charge on any atom is -0.466 e. The lowest BCUT2D eigenvalue weighted by atomic mass is 10.2. The van der Waals surface area contributed by atoms with Crippen LogP contribution in [0.5, 0.6) is 5.75 Å². The molecule has 0 saturated heterocycles. The second-order valence-electron chi connectivity index (χ2n) is 3.01. The van der Waals surface area contributed by atoms with Gasteiger partial charge in [-0.2, -0.15) is 0 Å². The first kappa shape index (κ1) is 12.3. The minimum absolute atomic E-state index is 0.233. The van der Waals surface area contributed by atoms with E-state index in [9.17, 15) is 0 Å². The van der Waals surface area contributed by atoms with E-state index < -0.39 is 0 Å². The molecule has 0 bridgehead atoms. The standard InChI is InChI=1S/C11H16ClNO2/c1-3-14-8-15-11-9(7-13-2)5-4-6-10(11)12/h4-6,13H,3,7-8H2,1-2H3. The van der Waals surface area contributed by atoms with Gasteiger partial charge in [0, 0.05) is 18.7 Å². The van der Waals surface area contributed by atoms with Crippen molar-refractivity contribution >= 4 is 11.6 Å². The molecule has 0 amide bonds. The number of nitrogens with one attached hydrogen (secondary N) is 1. The highest BCUT2D eigenvalue weighted by atomic mass is 35.5. The lowest BCUT2D eigenvalue weighted by Crippen LogP contribution is -2.09. The van der Waals surface area contributed by atoms with Crippen LogP contribution in [0.3, 0.4) is 0 Å². The van der Waals surface area contributed by atoms with Gasteiger partial charge in [-0.3, -0.25) is 0 Å². The maximum Gasteiger partial charge on any atom is 0.189 e. The first-order chi connectivity index (χ1) is 7.29. The second kappa shape index (κ2) is 6.67. The fourth-order valence-electron chi connectivity index (χ4n) is 1.23. The van der Waals surface area contributed by atoms with Crippen LogP contribution in [0.25, 0.3) is 0 Å². The molecule has 1 aromatic carbocycles. The SMILES string of the molecule is CCOCOc1c(Cl)cccc1CNC. The summed E-state index contributed by atoms with van der Waals surface area (Å²) in [4.78, 5) is 0. The maximum atomic E-state index is 6.04. The fraction of sp³-hybridized carbons (Fsp3) is 0.455. The van der Waals surface area contributed by atoms with Crippen LogP contribution in [0.15, 0.2) is 18.2 Å². The van der Waals surface area contributed by atoms with Gasteiger partial charge in [0.2, 0.25) is 0 Å². The molecule has 84 valence electrons. The van der Waals surface area contributed by atoms with E-state index in [1.807, 2.05) is 32.2 Å². The number of halogens is 1. The van der Waals surface area contributed by atoms with Crippen LogP contribution in [-0.4, -0.2) is 20.4 Å². The predicted octanol–water partition coefficient (Wildman–Crippen LogP) is 2.43. The molecule has 0 saturated carbocycles. The first-order valence-electron chi connectivity index (χ1n) is 4.92. The van der Waals surface area contributed by atoms with E-state index in [4.69, 9.17) is 21.1 Å². The van der Waals surface area contributed by atoms with Crippen molar-refractivity contribution in [1.82, 2.24) is 5.32 Å². The molecule has 0 atom stereocenters. The van der Waals surface area contributed by atoms with Crippen LogP contribution >= 0.6 is 11.6 Å². The zero-order valence-electron chi connectivity index (χ0n) is 9.05. The van der Waals surface area contributed by atoms with Gasteiger partial charge in [-0.25, -0.2) is 0 Å². The highest BCUT2D eigenvalue weighted by Crippen LogP contribution is 2.28. The van der Waals surface area contributed by atoms with Gasteiger partial charge in [-0.15, -0.1) is 0 Å². The average Bonchev–Trinajstić information content (AvgIpc) is 2.23. The Hall–Kier alpha value is -0.770. The van der Waals surface area contributed by atoms with E-state index in [1.54, 1.807) is 0 Å². The van der Waals surface area contributed by atoms with E-state index in [0.29, 0.717) is 17.4 Å². The van der Waals surface area contributed by atoms with E-state index in [-0.39, 0.29) is 6.79 Å². The van der Waals surface area contributed by atoms with Crippen LogP contribution < -0.4 is 10.1 Å². The molecule has 0 fully saturated rings. The van der Waals surface area contributed by atoms with Crippen LogP contribution in [0, 0.1) is 0 Å². The molecular weight excluding hydrogens is 214 g/mol. The van der Waals surface area contributed by atoms with Gasteiger partial charge in [0.25, 0.3) is 0 Å². The smallest absolute Gasteiger partial charge is 0.189 e. The summed E-state index contributed by atoms with van der Waals surface area (Å²) < 4.78 is 10.6. The number of ether oxygens (including phenoxy) is 2. The molecule has 4 heteroatoms. The molecule has 0 heterocycles. The second-order valence-corrected chi connectivity index (χ2v) is 3.42. The third-order valence-electron chi connectivity index (χ3n) is 1.91. The summed E-state index contributed by atoms with van der Waals surface area (Å²) in [6.45, 7) is 3.51. The monoisotopic (exact) mass is 229 g/mol. The third-order valence-corrected chi connectivity index (χ3v) is 2.20. The Kier molecular flexibility index (Phi) is 5.47. The normalized spacial score (nSPS) is 10.3. The Bertz CT molecular complexity index is 305. The molecule has 0 aliphatic heterocycles. The van der Waals surface area contributed by atoms with E-state index in [0.717, 1.165) is 12.1 Å². The van der Waals surface area contributed by atoms with Crippen molar-refractivity contribution < 1.29 is 9.47 Å². The van der Waals surface area contributed by atoms with Crippen molar-refractivity contribution in [3.8, 4) is 5.75 Å². The average molecular weight is 230 g/mol. The Morgan fingerprint density at radius 1 is 1.40 bits per heavy atom. The zero-order valence-corrected chi connectivity index (χ0v) is 9.80. The lowest BCUT2D eigenvalue weighted by molar-refractivity contribution is 0.0218. The highest BCUT2D eigenvalue weighted by Gasteiger charge is 2.07. The number of rotatable bonds is 6. The summed E-state index contributed by atoms with van der Waals surface area (Å²) >= 11 is 6.04. The van der Waals surface area contributed by atoms with Crippen molar-refractivity contribution in [2.24, 2.45) is 0 Å². The predicted molar refractivity (Wildman–Crippen MR) is 61.3 cm³/mol. The fourth-order valence-corrected chi connectivity index (χ4v) is 1.48. The summed E-state index contributed by atoms with van der Waals surface area (Å²) in [5.74, 6) is 0.696. The van der Waals surface area contributed by atoms with Gasteiger partial charge < -0.3 is 14.8 Å². The van der Waals surface area contributed by atoms with Crippen molar-refractivity contribution in [3.63, 3.8) is 0 Å². The molecule has 15 heavy (non-hydrogen) atoms. The number of hydrogen-bond acceptors (Lipinski definition) is 3. The van der Waals surface area contributed by atoms with Gasteiger partial charge in [0.1, 0.15) is 5.75 Å². The third kappa shape index (κ3) is 3.70. The Morgan fingerprint density at radius 3 is 2.87 bits per heavy atom. The molecule has 1 rings (SSSR count). The Morgan fingerprint density at radius 2 is 2.20 bits per heavy atom. The quantitative estimate of drug-likeness (QED) is 0.600. The van der Waals surface area contributed by atoms with Gasteiger partial charge in [0.05, 0.1) is 5.02 Å². The first-order valence-corrected chi connectivity index (χ1v) is 5.30. The van der Waals surface area contributed by atoms with Gasteiger partial charge in [-0.05, 0) is 20.0 Å². The van der Waals surface area contributed by atoms with Crippen molar-refractivity contribution in [3.05, 3.63) is 28.8 Å². The molecule has 0 radical (unpaired) electrons. The molecular formula is C11H16ClNO2. The maximum absolute atomic E-state index is 6.04. The van der Waals surface area contributed by atoms with Crippen LogP contribution in [0.2, 0.25) is 5.02 Å². The Balaban J connectivity index is 2.72. The van der Waals surface area contributed by atoms with Crippen molar-refractivity contribution in [2.75, 3.05) is 20.4 Å². The lowest BCUT2D eigenvalue weighted by Gasteiger charge is -2.12. The summed E-state index contributed by atoms with van der Waals surface area (Å²) in [5, 5.41) is 3.68. The number of benzene rings is 1. The molecule has 1 N–H and O–H groups in total. The molecule has 3 nitrogen and oxygen atoms in total. The van der Waals surface area contributed by atoms with Crippen LogP contribution in [0.4, 0.5) is 0 Å². The van der Waals surface area contributed by atoms with Gasteiger partial charge >= 0.3 is 0 Å². The number of para-hydroxylation sites is 1. The highest BCUT2D eigenvalue weighted by molar-refractivity contribution is 6.32. The van der Waals surface area contributed by atoms with Crippen molar-refractivity contribution in [1.29, 1.82) is 0 Å². The zero-order chi connectivity index (χ0) is 11.1. The summed E-state index contributed by atoms with van der Waals surface area (Å²) in [7, 11) is 1.88. The summed E-state index contributed by atoms with van der Waals surface area (Å²) in [5.41, 5.74) is 1.03. The molecule has 0 spiro atoms. The van der Waals surface area contributed by atoms with Gasteiger partial charge in [-0.1, -0.05) is 23.7 Å². The molecule has 1 aromatic rings. The van der Waals surface area contributed by atoms with Crippen LogP contribution in [0.1, 0.15) is 12.5 Å². The topological polar surface area (TPSA) is 30.5 Å². The van der Waals surface area contributed by atoms with Crippen molar-refractivity contribution in [2.45, 2.75) is 13.5 Å². The molecule has 0 aliphatic rings. The molecule has 0 unspecified atom stereocenters. The van der Waals surface area contributed by atoms with E-state index in [2.05, 4.69) is 5.32 Å². The minimum atomic E-state index is 0.233. The van der Waals surface area contributed by atoms with E-state index in [1.165, 1.54) is 0 Å². The number of hydrogen-bond donors (Lipinski definition) is 1. The molecule has 0 aromatic heterocycles. The van der Waals surface area contributed by atoms with Gasteiger partial charge in [0.15, 0.2) is 6.79 Å². The van der Waals surface area contributed by atoms with E-state index >= 15 is 0 Å². The summed E-state index contributed by atoms with van der Waals surface area (Å²) in [6, 6.07) is 5.69.